The van der Waals surface area contributed by atoms with E-state index in [1.165, 1.54) is 22.3 Å². The maximum atomic E-state index is 5.98. The van der Waals surface area contributed by atoms with E-state index < -0.39 is 0 Å². The number of rotatable bonds is 3. The molecular weight excluding hydrogens is 308 g/mol. The third kappa shape index (κ3) is 3.37. The fraction of sp³-hybridized carbons (Fsp3) is 0.250. The Kier molecular flexibility index (Phi) is 4.47. The second kappa shape index (κ2) is 5.90. The smallest absolute Gasteiger partial charge is 0.0438 e. The van der Waals surface area contributed by atoms with E-state index in [2.05, 4.69) is 60.1 Å². The molecule has 0 saturated carbocycles. The molecule has 1 unspecified atom stereocenters. The first kappa shape index (κ1) is 13.6. The minimum Gasteiger partial charge on any atom is -0.0843 e. The van der Waals surface area contributed by atoms with Gasteiger partial charge in [0.05, 0.1) is 0 Å². The van der Waals surface area contributed by atoms with Gasteiger partial charge < -0.3 is 0 Å². The lowest BCUT2D eigenvalue weighted by Crippen LogP contribution is -1.98. The Morgan fingerprint density at radius 1 is 1.06 bits per heavy atom. The summed E-state index contributed by atoms with van der Waals surface area (Å²) in [6.45, 7) is 4.21. The van der Waals surface area contributed by atoms with Crippen LogP contribution in [0.3, 0.4) is 0 Å². The first-order valence-electron chi connectivity index (χ1n) is 6.02. The summed E-state index contributed by atoms with van der Waals surface area (Å²) in [5.41, 5.74) is 5.18. The van der Waals surface area contributed by atoms with Crippen LogP contribution in [0.4, 0.5) is 0 Å². The van der Waals surface area contributed by atoms with E-state index in [-0.39, 0.29) is 0 Å². The lowest BCUT2D eigenvalue weighted by atomic mass is 10.00. The van der Waals surface area contributed by atoms with E-state index in [0.717, 1.165) is 11.4 Å². The van der Waals surface area contributed by atoms with Gasteiger partial charge in [-0.05, 0) is 49.1 Å². The van der Waals surface area contributed by atoms with Crippen molar-refractivity contribution >= 4 is 27.5 Å². The van der Waals surface area contributed by atoms with Crippen molar-refractivity contribution in [1.29, 1.82) is 0 Å². The molecule has 18 heavy (non-hydrogen) atoms. The highest BCUT2D eigenvalue weighted by Crippen LogP contribution is 2.30. The molecule has 0 N–H and O–H groups in total. The molecule has 0 saturated heterocycles. The van der Waals surface area contributed by atoms with E-state index in [1.54, 1.807) is 0 Å². The van der Waals surface area contributed by atoms with Crippen molar-refractivity contribution in [3.05, 3.63) is 69.7 Å². The van der Waals surface area contributed by atoms with Gasteiger partial charge in [-0.2, -0.15) is 0 Å². The number of halogens is 2. The third-order valence-corrected chi connectivity index (χ3v) is 4.16. The predicted molar refractivity (Wildman–Crippen MR) is 82.7 cm³/mol. The van der Waals surface area contributed by atoms with Crippen LogP contribution < -0.4 is 0 Å². The Morgan fingerprint density at radius 3 is 2.33 bits per heavy atom. The molecule has 0 amide bonds. The first-order chi connectivity index (χ1) is 8.56. The van der Waals surface area contributed by atoms with Crippen LogP contribution in [0.15, 0.2) is 42.5 Å². The highest BCUT2D eigenvalue weighted by atomic mass is 79.9. The molecule has 0 bridgehead atoms. The molecule has 0 fully saturated rings. The molecule has 1 atom stereocenters. The molecular formula is C16H16BrCl. The standard InChI is InChI=1S/C16H16BrCl/c1-11-3-5-13(6-4-11)10-16(17)15-8-7-14(18)9-12(15)2/h3-9,16H,10H2,1-2H3. The summed E-state index contributed by atoms with van der Waals surface area (Å²) >= 11 is 9.76. The topological polar surface area (TPSA) is 0 Å². The van der Waals surface area contributed by atoms with Crippen LogP contribution in [0, 0.1) is 13.8 Å². The first-order valence-corrected chi connectivity index (χ1v) is 7.31. The van der Waals surface area contributed by atoms with Crippen LogP contribution in [0.25, 0.3) is 0 Å². The Morgan fingerprint density at radius 2 is 1.72 bits per heavy atom. The number of hydrogen-bond acceptors (Lipinski definition) is 0. The van der Waals surface area contributed by atoms with Crippen molar-refractivity contribution in [1.82, 2.24) is 0 Å². The van der Waals surface area contributed by atoms with E-state index in [4.69, 9.17) is 11.6 Å². The number of hydrogen-bond donors (Lipinski definition) is 0. The molecule has 94 valence electrons. The molecule has 0 heterocycles. The van der Waals surface area contributed by atoms with Gasteiger partial charge in [0.25, 0.3) is 0 Å². The van der Waals surface area contributed by atoms with E-state index in [0.29, 0.717) is 4.83 Å². The van der Waals surface area contributed by atoms with Crippen molar-refractivity contribution in [2.45, 2.75) is 25.1 Å². The number of benzene rings is 2. The average molecular weight is 324 g/mol. The Hall–Kier alpha value is -0.790. The van der Waals surface area contributed by atoms with Gasteiger partial charge in [0.2, 0.25) is 0 Å². The molecule has 0 aliphatic heterocycles. The summed E-state index contributed by atoms with van der Waals surface area (Å²) in [5, 5.41) is 0.797. The zero-order valence-corrected chi connectivity index (χ0v) is 12.9. The third-order valence-electron chi connectivity index (χ3n) is 3.10. The molecule has 2 rings (SSSR count). The monoisotopic (exact) mass is 322 g/mol. The molecule has 2 aromatic rings. The van der Waals surface area contributed by atoms with Crippen LogP contribution in [0.5, 0.6) is 0 Å². The van der Waals surface area contributed by atoms with Gasteiger partial charge in [-0.3, -0.25) is 0 Å². The van der Waals surface area contributed by atoms with Crippen LogP contribution in [-0.4, -0.2) is 0 Å². The average Bonchev–Trinajstić information content (AvgIpc) is 2.32. The molecule has 0 aromatic heterocycles. The van der Waals surface area contributed by atoms with Gasteiger partial charge in [-0.1, -0.05) is 63.4 Å². The van der Waals surface area contributed by atoms with Gasteiger partial charge >= 0.3 is 0 Å². The van der Waals surface area contributed by atoms with E-state index >= 15 is 0 Å². The summed E-state index contributed by atoms with van der Waals surface area (Å²) < 4.78 is 0. The molecule has 2 aromatic carbocycles. The highest BCUT2D eigenvalue weighted by Gasteiger charge is 2.11. The Bertz CT molecular complexity index is 531. The molecule has 0 radical (unpaired) electrons. The van der Waals surface area contributed by atoms with Gasteiger partial charge in [-0.25, -0.2) is 0 Å². The fourth-order valence-corrected chi connectivity index (χ4v) is 3.15. The fourth-order valence-electron chi connectivity index (χ4n) is 2.03. The maximum absolute atomic E-state index is 5.98. The van der Waals surface area contributed by atoms with Crippen molar-refractivity contribution in [2.24, 2.45) is 0 Å². The van der Waals surface area contributed by atoms with Crippen LogP contribution in [-0.2, 0) is 6.42 Å². The van der Waals surface area contributed by atoms with E-state index in [9.17, 15) is 0 Å². The van der Waals surface area contributed by atoms with E-state index in [1.807, 2.05) is 12.1 Å². The highest BCUT2D eigenvalue weighted by molar-refractivity contribution is 9.09. The molecule has 0 nitrogen and oxygen atoms in total. The predicted octanol–water partition coefficient (Wildman–Crippen LogP) is 5.64. The van der Waals surface area contributed by atoms with Crippen LogP contribution >= 0.6 is 27.5 Å². The van der Waals surface area contributed by atoms with Crippen molar-refractivity contribution in [2.75, 3.05) is 0 Å². The zero-order chi connectivity index (χ0) is 13.1. The van der Waals surface area contributed by atoms with Crippen LogP contribution in [0.1, 0.15) is 27.1 Å². The normalized spacial score (nSPS) is 12.4. The summed E-state index contributed by atoms with van der Waals surface area (Å²) in [5.74, 6) is 0. The van der Waals surface area contributed by atoms with Crippen LogP contribution in [0.2, 0.25) is 5.02 Å². The maximum Gasteiger partial charge on any atom is 0.0438 e. The minimum absolute atomic E-state index is 0.331. The summed E-state index contributed by atoms with van der Waals surface area (Å²) in [6, 6.07) is 14.8. The van der Waals surface area contributed by atoms with Gasteiger partial charge in [0.1, 0.15) is 0 Å². The van der Waals surface area contributed by atoms with Crippen molar-refractivity contribution < 1.29 is 0 Å². The minimum atomic E-state index is 0.331. The lowest BCUT2D eigenvalue weighted by molar-refractivity contribution is 0.937. The second-order valence-electron chi connectivity index (χ2n) is 4.66. The van der Waals surface area contributed by atoms with Crippen molar-refractivity contribution in [3.63, 3.8) is 0 Å². The largest absolute Gasteiger partial charge is 0.0843 e. The lowest BCUT2D eigenvalue weighted by Gasteiger charge is -2.13. The molecule has 0 aliphatic rings. The van der Waals surface area contributed by atoms with Crippen molar-refractivity contribution in [3.8, 4) is 0 Å². The zero-order valence-electron chi connectivity index (χ0n) is 10.6. The summed E-state index contributed by atoms with van der Waals surface area (Å²) in [4.78, 5) is 0.331. The van der Waals surface area contributed by atoms with Gasteiger partial charge in [-0.15, -0.1) is 0 Å². The summed E-state index contributed by atoms with van der Waals surface area (Å²) in [7, 11) is 0. The van der Waals surface area contributed by atoms with Gasteiger partial charge in [0, 0.05) is 9.85 Å². The molecule has 2 heteroatoms. The molecule has 0 spiro atoms. The number of aryl methyl sites for hydroxylation is 2. The van der Waals surface area contributed by atoms with Gasteiger partial charge in [0.15, 0.2) is 0 Å². The number of alkyl halides is 1. The summed E-state index contributed by atoms with van der Waals surface area (Å²) in [6.07, 6.45) is 0.989. The quantitative estimate of drug-likeness (QED) is 0.642. The molecule has 0 aliphatic carbocycles. The Balaban J connectivity index is 2.16. The Labute approximate surface area is 122 Å². The second-order valence-corrected chi connectivity index (χ2v) is 6.20. The SMILES string of the molecule is Cc1ccc(CC(Br)c2ccc(Cl)cc2C)cc1.